The van der Waals surface area contributed by atoms with Gasteiger partial charge in [0.15, 0.2) is 0 Å². The predicted molar refractivity (Wildman–Crippen MR) is 86.7 cm³/mol. The summed E-state index contributed by atoms with van der Waals surface area (Å²) in [5.74, 6) is 1.79. The maximum atomic E-state index is 5.47. The Labute approximate surface area is 132 Å². The van der Waals surface area contributed by atoms with E-state index in [4.69, 9.17) is 4.74 Å². The number of nitrogens with one attached hydrogen (secondary N) is 1. The molecule has 1 aliphatic rings. The quantitative estimate of drug-likeness (QED) is 0.772. The highest BCUT2D eigenvalue weighted by Crippen LogP contribution is 2.32. The first-order valence-corrected chi connectivity index (χ1v) is 8.52. The maximum absolute atomic E-state index is 5.47. The summed E-state index contributed by atoms with van der Waals surface area (Å²) in [5, 5.41) is 3.58. The van der Waals surface area contributed by atoms with Crippen LogP contribution in [0.2, 0.25) is 0 Å². The third-order valence-corrected chi connectivity index (χ3v) is 4.81. The Morgan fingerprint density at radius 3 is 2.63 bits per heavy atom. The second-order valence-corrected chi connectivity index (χ2v) is 6.98. The van der Waals surface area contributed by atoms with E-state index in [1.54, 1.807) is 7.11 Å². The van der Waals surface area contributed by atoms with Gasteiger partial charge >= 0.3 is 0 Å². The zero-order chi connectivity index (χ0) is 13.7. The maximum Gasteiger partial charge on any atom is 0.137 e. The van der Waals surface area contributed by atoms with E-state index in [1.165, 1.54) is 37.7 Å². The molecule has 0 amide bonds. The van der Waals surface area contributed by atoms with E-state index in [9.17, 15) is 0 Å². The lowest BCUT2D eigenvalue weighted by Crippen LogP contribution is -2.24. The Morgan fingerprint density at radius 1 is 1.21 bits per heavy atom. The van der Waals surface area contributed by atoms with E-state index < -0.39 is 0 Å². The van der Waals surface area contributed by atoms with Crippen LogP contribution < -0.4 is 10.1 Å². The van der Waals surface area contributed by atoms with Crippen LogP contribution in [0.5, 0.6) is 5.75 Å². The molecule has 0 aromatic heterocycles. The van der Waals surface area contributed by atoms with E-state index in [0.29, 0.717) is 0 Å². The summed E-state index contributed by atoms with van der Waals surface area (Å²) < 4.78 is 7.54. The van der Waals surface area contributed by atoms with Crippen molar-refractivity contribution in [2.45, 2.75) is 38.6 Å². The average Bonchev–Trinajstić information content (AvgIpc) is 2.39. The fraction of sp³-hybridized carbons (Fsp3) is 0.600. The fourth-order valence-electron chi connectivity index (χ4n) is 2.78. The predicted octanol–water partition coefficient (Wildman–Crippen LogP) is 4.89. The van der Waals surface area contributed by atoms with Crippen molar-refractivity contribution >= 4 is 31.9 Å². The Kier molecular flexibility index (Phi) is 6.17. The lowest BCUT2D eigenvalue weighted by atomic mass is 9.89. The van der Waals surface area contributed by atoms with Gasteiger partial charge in [-0.3, -0.25) is 0 Å². The second kappa shape index (κ2) is 7.65. The van der Waals surface area contributed by atoms with Gasteiger partial charge in [0.05, 0.1) is 11.6 Å². The molecular weight excluding hydrogens is 370 g/mol. The van der Waals surface area contributed by atoms with E-state index >= 15 is 0 Å². The van der Waals surface area contributed by atoms with Crippen LogP contribution in [-0.4, -0.2) is 13.7 Å². The van der Waals surface area contributed by atoms with Crippen molar-refractivity contribution in [3.63, 3.8) is 0 Å². The van der Waals surface area contributed by atoms with E-state index in [1.807, 2.05) is 6.07 Å². The molecule has 1 N–H and O–H groups in total. The number of hydrogen-bond donors (Lipinski definition) is 1. The molecule has 0 heterocycles. The summed E-state index contributed by atoms with van der Waals surface area (Å²) in [4.78, 5) is 0. The van der Waals surface area contributed by atoms with Gasteiger partial charge in [0.25, 0.3) is 0 Å². The van der Waals surface area contributed by atoms with Crippen LogP contribution in [0.25, 0.3) is 0 Å². The molecule has 2 rings (SSSR count). The van der Waals surface area contributed by atoms with Crippen molar-refractivity contribution in [3.8, 4) is 5.75 Å². The Morgan fingerprint density at radius 2 is 1.95 bits per heavy atom. The standard InChI is InChI=1S/C15H21Br2NO/c1-19-15-12(7-13(16)8-14(15)17)10-18-9-11-5-3-2-4-6-11/h7-8,11,18H,2-6,9-10H2,1H3. The van der Waals surface area contributed by atoms with E-state index in [2.05, 4.69) is 43.2 Å². The summed E-state index contributed by atoms with van der Waals surface area (Å²) in [7, 11) is 1.72. The molecule has 1 fully saturated rings. The van der Waals surface area contributed by atoms with Gasteiger partial charge in [-0.2, -0.15) is 0 Å². The highest BCUT2D eigenvalue weighted by Gasteiger charge is 2.14. The molecule has 0 saturated heterocycles. The molecule has 1 saturated carbocycles. The largest absolute Gasteiger partial charge is 0.495 e. The monoisotopic (exact) mass is 389 g/mol. The molecule has 0 spiro atoms. The van der Waals surface area contributed by atoms with Crippen LogP contribution in [0, 0.1) is 5.92 Å². The normalized spacial score (nSPS) is 16.6. The molecule has 2 nitrogen and oxygen atoms in total. The number of ether oxygens (including phenoxy) is 1. The minimum atomic E-state index is 0.857. The minimum Gasteiger partial charge on any atom is -0.495 e. The topological polar surface area (TPSA) is 21.3 Å². The van der Waals surface area contributed by atoms with Crippen molar-refractivity contribution in [1.82, 2.24) is 5.32 Å². The molecule has 4 heteroatoms. The third-order valence-electron chi connectivity index (χ3n) is 3.76. The van der Waals surface area contributed by atoms with Crippen LogP contribution in [0.3, 0.4) is 0 Å². The van der Waals surface area contributed by atoms with Crippen molar-refractivity contribution in [2.24, 2.45) is 5.92 Å². The second-order valence-electron chi connectivity index (χ2n) is 5.21. The molecule has 0 atom stereocenters. The zero-order valence-electron chi connectivity index (χ0n) is 11.3. The fourth-order valence-corrected chi connectivity index (χ4v) is 4.25. The van der Waals surface area contributed by atoms with Gasteiger partial charge in [-0.15, -0.1) is 0 Å². The average molecular weight is 391 g/mol. The first kappa shape index (κ1) is 15.3. The highest BCUT2D eigenvalue weighted by atomic mass is 79.9. The smallest absolute Gasteiger partial charge is 0.137 e. The van der Waals surface area contributed by atoms with Crippen LogP contribution in [-0.2, 0) is 6.54 Å². The Hall–Kier alpha value is -0.0600. The van der Waals surface area contributed by atoms with Gasteiger partial charge in [0.2, 0.25) is 0 Å². The van der Waals surface area contributed by atoms with Crippen molar-refractivity contribution in [2.75, 3.05) is 13.7 Å². The van der Waals surface area contributed by atoms with E-state index in [0.717, 1.165) is 33.7 Å². The van der Waals surface area contributed by atoms with Crippen LogP contribution in [0.15, 0.2) is 21.1 Å². The zero-order valence-corrected chi connectivity index (χ0v) is 14.5. The van der Waals surface area contributed by atoms with Crippen molar-refractivity contribution < 1.29 is 4.74 Å². The number of methoxy groups -OCH3 is 1. The minimum absolute atomic E-state index is 0.857. The number of hydrogen-bond acceptors (Lipinski definition) is 2. The van der Waals surface area contributed by atoms with Crippen LogP contribution >= 0.6 is 31.9 Å². The van der Waals surface area contributed by atoms with Gasteiger partial charge < -0.3 is 10.1 Å². The third kappa shape index (κ3) is 4.47. The van der Waals surface area contributed by atoms with Gasteiger partial charge in [-0.25, -0.2) is 0 Å². The molecule has 106 valence electrons. The number of benzene rings is 1. The summed E-state index contributed by atoms with van der Waals surface area (Å²) >= 11 is 7.08. The van der Waals surface area contributed by atoms with E-state index in [-0.39, 0.29) is 0 Å². The van der Waals surface area contributed by atoms with Crippen molar-refractivity contribution in [3.05, 3.63) is 26.6 Å². The number of rotatable bonds is 5. The van der Waals surface area contributed by atoms with Gasteiger partial charge in [0.1, 0.15) is 5.75 Å². The molecule has 19 heavy (non-hydrogen) atoms. The summed E-state index contributed by atoms with van der Waals surface area (Å²) in [6, 6.07) is 4.14. The van der Waals surface area contributed by atoms with Gasteiger partial charge in [-0.05, 0) is 53.4 Å². The molecule has 0 aliphatic heterocycles. The van der Waals surface area contributed by atoms with Crippen LogP contribution in [0.1, 0.15) is 37.7 Å². The molecule has 1 aromatic carbocycles. The Balaban J connectivity index is 1.91. The first-order chi connectivity index (χ1) is 9.20. The SMILES string of the molecule is COc1c(Br)cc(Br)cc1CNCC1CCCCC1. The number of halogens is 2. The first-order valence-electron chi connectivity index (χ1n) is 6.93. The molecule has 0 radical (unpaired) electrons. The van der Waals surface area contributed by atoms with Gasteiger partial charge in [-0.1, -0.05) is 35.2 Å². The summed E-state index contributed by atoms with van der Waals surface area (Å²) in [5.41, 5.74) is 1.19. The highest BCUT2D eigenvalue weighted by molar-refractivity contribution is 9.11. The summed E-state index contributed by atoms with van der Waals surface area (Å²) in [6.45, 7) is 1.98. The van der Waals surface area contributed by atoms with Crippen molar-refractivity contribution in [1.29, 1.82) is 0 Å². The summed E-state index contributed by atoms with van der Waals surface area (Å²) in [6.07, 6.45) is 6.98. The lowest BCUT2D eigenvalue weighted by molar-refractivity contribution is 0.340. The van der Waals surface area contributed by atoms with Gasteiger partial charge in [0, 0.05) is 16.6 Å². The van der Waals surface area contributed by atoms with Crippen LogP contribution in [0.4, 0.5) is 0 Å². The molecular formula is C15H21Br2NO. The molecule has 1 aliphatic carbocycles. The molecule has 1 aromatic rings. The molecule has 0 bridgehead atoms. The lowest BCUT2D eigenvalue weighted by Gasteiger charge is -2.22. The molecule has 0 unspecified atom stereocenters. The Bertz CT molecular complexity index is 417.